The van der Waals surface area contributed by atoms with Crippen LogP contribution in [0.1, 0.15) is 0 Å². The molecule has 1 aromatic heterocycles. The molecule has 2 rings (SSSR count). The Balaban J connectivity index is 2.68. The molecule has 1 heterocycles. The molecular formula is C11H8Cl2N2O. The standard InChI is InChI=1S/C11H8Cl2N2O/c1-7(12)5-15-6-14-10-3-2-8(13)4-9(10)11(15)16/h2-4,6H,1,5H2. The molecule has 0 saturated heterocycles. The minimum atomic E-state index is -0.172. The minimum absolute atomic E-state index is 0.172. The van der Waals surface area contributed by atoms with E-state index in [9.17, 15) is 4.79 Å². The molecule has 0 spiro atoms. The number of benzene rings is 1. The minimum Gasteiger partial charge on any atom is -0.293 e. The van der Waals surface area contributed by atoms with E-state index in [0.717, 1.165) is 0 Å². The van der Waals surface area contributed by atoms with E-state index in [-0.39, 0.29) is 12.1 Å². The number of rotatable bonds is 2. The smallest absolute Gasteiger partial charge is 0.261 e. The van der Waals surface area contributed by atoms with Gasteiger partial charge in [-0.3, -0.25) is 9.36 Å². The van der Waals surface area contributed by atoms with Crippen LogP contribution in [0.25, 0.3) is 10.9 Å². The molecule has 1 aromatic carbocycles. The average molecular weight is 255 g/mol. The largest absolute Gasteiger partial charge is 0.293 e. The lowest BCUT2D eigenvalue weighted by molar-refractivity contribution is 0.759. The van der Waals surface area contributed by atoms with E-state index < -0.39 is 0 Å². The summed E-state index contributed by atoms with van der Waals surface area (Å²) in [6.07, 6.45) is 1.45. The van der Waals surface area contributed by atoms with Crippen molar-refractivity contribution < 1.29 is 0 Å². The van der Waals surface area contributed by atoms with Crippen molar-refractivity contribution >= 4 is 34.1 Å². The Labute approximate surface area is 102 Å². The Kier molecular flexibility index (Phi) is 2.99. The molecule has 0 aliphatic heterocycles. The zero-order chi connectivity index (χ0) is 11.7. The van der Waals surface area contributed by atoms with Crippen molar-refractivity contribution in [1.29, 1.82) is 0 Å². The highest BCUT2D eigenvalue weighted by Crippen LogP contribution is 2.14. The molecule has 0 bridgehead atoms. The molecule has 0 N–H and O–H groups in total. The van der Waals surface area contributed by atoms with Crippen LogP contribution in [0.4, 0.5) is 0 Å². The van der Waals surface area contributed by atoms with Crippen molar-refractivity contribution in [2.24, 2.45) is 0 Å². The summed E-state index contributed by atoms with van der Waals surface area (Å²) in [5.41, 5.74) is 0.445. The molecule has 0 aliphatic carbocycles. The number of nitrogens with zero attached hydrogens (tertiary/aromatic N) is 2. The normalized spacial score (nSPS) is 10.6. The Morgan fingerprint density at radius 1 is 1.50 bits per heavy atom. The maximum absolute atomic E-state index is 12.0. The van der Waals surface area contributed by atoms with Crippen LogP contribution in [0.15, 0.2) is 40.9 Å². The van der Waals surface area contributed by atoms with Gasteiger partial charge in [0.25, 0.3) is 5.56 Å². The Bertz CT molecular complexity index is 619. The van der Waals surface area contributed by atoms with Gasteiger partial charge >= 0.3 is 0 Å². The van der Waals surface area contributed by atoms with Gasteiger partial charge in [0, 0.05) is 10.1 Å². The highest BCUT2D eigenvalue weighted by Gasteiger charge is 2.04. The van der Waals surface area contributed by atoms with Gasteiger partial charge in [-0.1, -0.05) is 29.8 Å². The maximum Gasteiger partial charge on any atom is 0.261 e. The van der Waals surface area contributed by atoms with Crippen molar-refractivity contribution in [1.82, 2.24) is 9.55 Å². The van der Waals surface area contributed by atoms with Crippen LogP contribution in [0.3, 0.4) is 0 Å². The van der Waals surface area contributed by atoms with Crippen LogP contribution in [0.2, 0.25) is 5.02 Å². The summed E-state index contributed by atoms with van der Waals surface area (Å²) in [4.78, 5) is 16.1. The summed E-state index contributed by atoms with van der Waals surface area (Å²) < 4.78 is 1.40. The second-order valence-electron chi connectivity index (χ2n) is 3.36. The van der Waals surface area contributed by atoms with Crippen molar-refractivity contribution in [3.63, 3.8) is 0 Å². The zero-order valence-corrected chi connectivity index (χ0v) is 9.79. The number of aromatic nitrogens is 2. The SMILES string of the molecule is C=C(Cl)Cn1cnc2ccc(Cl)cc2c1=O. The average Bonchev–Trinajstić information content (AvgIpc) is 2.22. The van der Waals surface area contributed by atoms with Crippen molar-refractivity contribution in [3.05, 3.63) is 51.5 Å². The maximum atomic E-state index is 12.0. The number of hydrogen-bond acceptors (Lipinski definition) is 2. The summed E-state index contributed by atoms with van der Waals surface area (Å²) in [5, 5.41) is 1.37. The van der Waals surface area contributed by atoms with Gasteiger partial charge in [0.2, 0.25) is 0 Å². The van der Waals surface area contributed by atoms with E-state index in [1.54, 1.807) is 18.2 Å². The third-order valence-corrected chi connectivity index (χ3v) is 2.48. The highest BCUT2D eigenvalue weighted by molar-refractivity contribution is 6.31. The van der Waals surface area contributed by atoms with E-state index in [1.165, 1.54) is 10.9 Å². The van der Waals surface area contributed by atoms with E-state index in [2.05, 4.69) is 11.6 Å². The van der Waals surface area contributed by atoms with Gasteiger partial charge < -0.3 is 0 Å². The molecule has 0 radical (unpaired) electrons. The van der Waals surface area contributed by atoms with Gasteiger partial charge in [0.15, 0.2) is 0 Å². The molecular weight excluding hydrogens is 247 g/mol. The molecule has 0 amide bonds. The van der Waals surface area contributed by atoms with Gasteiger partial charge in [0.05, 0.1) is 23.8 Å². The predicted molar refractivity (Wildman–Crippen MR) is 66.0 cm³/mol. The van der Waals surface area contributed by atoms with Crippen molar-refractivity contribution in [2.45, 2.75) is 6.54 Å². The molecule has 5 heteroatoms. The molecule has 0 fully saturated rings. The topological polar surface area (TPSA) is 34.9 Å². The monoisotopic (exact) mass is 254 g/mol. The summed E-state index contributed by atoms with van der Waals surface area (Å²) in [5.74, 6) is 0. The second-order valence-corrected chi connectivity index (χ2v) is 4.33. The molecule has 16 heavy (non-hydrogen) atoms. The predicted octanol–water partition coefficient (Wildman–Crippen LogP) is 2.80. The second kappa shape index (κ2) is 4.28. The van der Waals surface area contributed by atoms with Crippen LogP contribution in [-0.4, -0.2) is 9.55 Å². The Morgan fingerprint density at radius 2 is 2.25 bits per heavy atom. The molecule has 0 unspecified atom stereocenters. The van der Waals surface area contributed by atoms with E-state index in [0.29, 0.717) is 21.0 Å². The molecule has 0 saturated carbocycles. The van der Waals surface area contributed by atoms with Crippen molar-refractivity contribution in [2.75, 3.05) is 0 Å². The Morgan fingerprint density at radius 3 is 2.94 bits per heavy atom. The van der Waals surface area contributed by atoms with Crippen LogP contribution < -0.4 is 5.56 Å². The summed E-state index contributed by atoms with van der Waals surface area (Å²) in [6.45, 7) is 3.79. The third kappa shape index (κ3) is 2.10. The molecule has 82 valence electrons. The number of allylic oxidation sites excluding steroid dienone is 1. The molecule has 3 nitrogen and oxygen atoms in total. The fraction of sp³-hybridized carbons (Fsp3) is 0.0909. The molecule has 0 atom stereocenters. The van der Waals surface area contributed by atoms with Crippen LogP contribution in [-0.2, 0) is 6.54 Å². The van der Waals surface area contributed by atoms with Crippen LogP contribution in [0.5, 0.6) is 0 Å². The first-order chi connectivity index (χ1) is 7.58. The van der Waals surface area contributed by atoms with E-state index in [1.807, 2.05) is 0 Å². The lowest BCUT2D eigenvalue weighted by atomic mass is 10.2. The lowest BCUT2D eigenvalue weighted by Crippen LogP contribution is -2.20. The first-order valence-electron chi connectivity index (χ1n) is 4.56. The molecule has 2 aromatic rings. The van der Waals surface area contributed by atoms with E-state index in [4.69, 9.17) is 23.2 Å². The Hall–Kier alpha value is -1.32. The summed E-state index contributed by atoms with van der Waals surface area (Å²) in [6, 6.07) is 5.00. The molecule has 0 aliphatic rings. The van der Waals surface area contributed by atoms with Gasteiger partial charge in [-0.25, -0.2) is 4.98 Å². The fourth-order valence-corrected chi connectivity index (χ4v) is 1.73. The van der Waals surface area contributed by atoms with Gasteiger partial charge in [-0.15, -0.1) is 0 Å². The fourth-order valence-electron chi connectivity index (χ4n) is 1.43. The summed E-state index contributed by atoms with van der Waals surface area (Å²) >= 11 is 11.5. The highest BCUT2D eigenvalue weighted by atomic mass is 35.5. The van der Waals surface area contributed by atoms with Gasteiger partial charge in [-0.05, 0) is 18.2 Å². The number of fused-ring (bicyclic) bond motifs is 1. The van der Waals surface area contributed by atoms with Gasteiger partial charge in [-0.2, -0.15) is 0 Å². The van der Waals surface area contributed by atoms with Crippen molar-refractivity contribution in [3.8, 4) is 0 Å². The van der Waals surface area contributed by atoms with Crippen LogP contribution in [0, 0.1) is 0 Å². The first-order valence-corrected chi connectivity index (χ1v) is 5.31. The number of hydrogen-bond donors (Lipinski definition) is 0. The van der Waals surface area contributed by atoms with E-state index >= 15 is 0 Å². The summed E-state index contributed by atoms with van der Waals surface area (Å²) in [7, 11) is 0. The first kappa shape index (κ1) is 11.2. The quantitative estimate of drug-likeness (QED) is 0.826. The van der Waals surface area contributed by atoms with Gasteiger partial charge in [0.1, 0.15) is 0 Å². The van der Waals surface area contributed by atoms with Crippen LogP contribution >= 0.6 is 23.2 Å². The lowest BCUT2D eigenvalue weighted by Gasteiger charge is -2.05. The number of halogens is 2. The third-order valence-electron chi connectivity index (χ3n) is 2.13. The zero-order valence-electron chi connectivity index (χ0n) is 8.28.